The van der Waals surface area contributed by atoms with Crippen LogP contribution in [0.5, 0.6) is 0 Å². The molecule has 9 nitrogen and oxygen atoms in total. The van der Waals surface area contributed by atoms with Gasteiger partial charge in [0.1, 0.15) is 39.1 Å². The van der Waals surface area contributed by atoms with Crippen LogP contribution in [0, 0.1) is 0 Å². The second-order valence-electron chi connectivity index (χ2n) is 8.73. The van der Waals surface area contributed by atoms with Gasteiger partial charge in [-0.2, -0.15) is 4.89 Å². The third-order valence-corrected chi connectivity index (χ3v) is 5.62. The first kappa shape index (κ1) is 31.0. The summed E-state index contributed by atoms with van der Waals surface area (Å²) in [6.07, 6.45) is 0.319. The summed E-state index contributed by atoms with van der Waals surface area (Å²) in [5, 5.41) is 10.1. The lowest BCUT2D eigenvalue weighted by atomic mass is 9.98. The number of carbonyl (C=O) groups is 2. The number of aliphatic hydroxyl groups is 1. The number of carbonyl (C=O) groups excluding carboxylic acids is 2. The Morgan fingerprint density at radius 3 is 2.05 bits per heavy atom. The van der Waals surface area contributed by atoms with Gasteiger partial charge in [-0.05, 0) is 34.4 Å². The van der Waals surface area contributed by atoms with Crippen LogP contribution >= 0.6 is 0 Å². The second kappa shape index (κ2) is 16.6. The van der Waals surface area contributed by atoms with Crippen LogP contribution in [0.1, 0.15) is 49.9 Å². The topological polar surface area (TPSA) is 110 Å². The van der Waals surface area contributed by atoms with Gasteiger partial charge < -0.3 is 19.5 Å². The second-order valence-corrected chi connectivity index (χ2v) is 8.73. The maximum atomic E-state index is 13.2. The van der Waals surface area contributed by atoms with Gasteiger partial charge in [0, 0.05) is 6.92 Å². The Bertz CT molecular complexity index is 1350. The molecule has 0 radical (unpaired) electrons. The van der Waals surface area contributed by atoms with E-state index < -0.39 is 24.6 Å². The summed E-state index contributed by atoms with van der Waals surface area (Å²) < 4.78 is 10.7. The SMILES string of the molecule is C=C=C(C)OOCC(O)COC(=O)c1cc(C=C)c(COOCc2ccccc2)cc1C(=O)OCc1ccccc1. The van der Waals surface area contributed by atoms with Crippen LogP contribution in [-0.2, 0) is 48.8 Å². The summed E-state index contributed by atoms with van der Waals surface area (Å²) >= 11 is 0. The van der Waals surface area contributed by atoms with Crippen LogP contribution in [0.3, 0.4) is 0 Å². The smallest absolute Gasteiger partial charge is 0.339 e. The summed E-state index contributed by atoms with van der Waals surface area (Å²) in [6.45, 7) is 8.26. The molecule has 0 aliphatic rings. The minimum absolute atomic E-state index is 0.00197. The van der Waals surface area contributed by atoms with Crippen molar-refractivity contribution in [1.29, 1.82) is 0 Å². The summed E-state index contributed by atoms with van der Waals surface area (Å²) in [4.78, 5) is 46.6. The number of hydrogen-bond acceptors (Lipinski definition) is 9. The van der Waals surface area contributed by atoms with Crippen molar-refractivity contribution in [1.82, 2.24) is 0 Å². The molecule has 0 saturated heterocycles. The Labute approximate surface area is 238 Å². The van der Waals surface area contributed by atoms with Gasteiger partial charge in [-0.1, -0.05) is 85.6 Å². The number of hydrogen-bond donors (Lipinski definition) is 1. The molecule has 3 aromatic rings. The molecule has 0 bridgehead atoms. The molecule has 1 unspecified atom stereocenters. The van der Waals surface area contributed by atoms with Crippen LogP contribution in [0.15, 0.2) is 97.4 Å². The molecule has 1 atom stereocenters. The summed E-state index contributed by atoms with van der Waals surface area (Å²) in [7, 11) is 0. The Balaban J connectivity index is 1.74. The molecule has 0 aromatic heterocycles. The maximum absolute atomic E-state index is 13.2. The number of benzene rings is 3. The van der Waals surface area contributed by atoms with Gasteiger partial charge in [-0.3, -0.25) is 0 Å². The minimum Gasteiger partial charge on any atom is -0.459 e. The van der Waals surface area contributed by atoms with Crippen molar-refractivity contribution in [2.75, 3.05) is 13.2 Å². The lowest BCUT2D eigenvalue weighted by molar-refractivity contribution is -0.313. The first-order valence-electron chi connectivity index (χ1n) is 12.7. The number of aliphatic hydroxyl groups excluding tert-OH is 1. The van der Waals surface area contributed by atoms with E-state index in [4.69, 9.17) is 29.0 Å². The van der Waals surface area contributed by atoms with E-state index >= 15 is 0 Å². The summed E-state index contributed by atoms with van der Waals surface area (Å²) in [6, 6.07) is 21.5. The molecule has 0 heterocycles. The number of esters is 2. The van der Waals surface area contributed by atoms with Gasteiger partial charge in [0.2, 0.25) is 0 Å². The molecule has 3 rings (SSSR count). The lowest BCUT2D eigenvalue weighted by Crippen LogP contribution is -2.25. The van der Waals surface area contributed by atoms with Crippen LogP contribution in [0.4, 0.5) is 0 Å². The van der Waals surface area contributed by atoms with E-state index in [9.17, 15) is 14.7 Å². The zero-order valence-corrected chi connectivity index (χ0v) is 22.7. The highest BCUT2D eigenvalue weighted by molar-refractivity contribution is 6.04. The minimum atomic E-state index is -1.20. The quantitative estimate of drug-likeness (QED) is 0.0607. The van der Waals surface area contributed by atoms with Gasteiger partial charge in [0.05, 0.1) is 11.1 Å². The Morgan fingerprint density at radius 1 is 0.829 bits per heavy atom. The number of ether oxygens (including phenoxy) is 2. The fourth-order valence-electron chi connectivity index (χ4n) is 3.43. The molecule has 9 heteroatoms. The first-order valence-corrected chi connectivity index (χ1v) is 12.7. The van der Waals surface area contributed by atoms with Crippen molar-refractivity contribution in [3.63, 3.8) is 0 Å². The van der Waals surface area contributed by atoms with Gasteiger partial charge >= 0.3 is 11.9 Å². The average molecular weight is 561 g/mol. The summed E-state index contributed by atoms with van der Waals surface area (Å²) in [5.74, 6) is -1.32. The Hall–Kier alpha value is -4.50. The highest BCUT2D eigenvalue weighted by Gasteiger charge is 2.23. The van der Waals surface area contributed by atoms with E-state index in [-0.39, 0.29) is 43.3 Å². The molecule has 1 N–H and O–H groups in total. The Kier molecular flexibility index (Phi) is 12.5. The van der Waals surface area contributed by atoms with E-state index in [0.29, 0.717) is 11.1 Å². The zero-order chi connectivity index (χ0) is 29.5. The molecule has 214 valence electrons. The van der Waals surface area contributed by atoms with Gasteiger partial charge in [0.25, 0.3) is 0 Å². The molecule has 0 spiro atoms. The predicted molar refractivity (Wildman–Crippen MR) is 150 cm³/mol. The molecule has 0 aliphatic heterocycles. The standard InChI is InChI=1S/C32H32O9/c1-4-23(3)41-40-22-28(33)21-37-32(35)29-16-26(5-2)27(20-39-38-19-25-14-10-7-11-15-25)17-30(29)31(34)36-18-24-12-8-6-9-13-24/h5-17,28,33H,1-2,18-22H2,3H3. The van der Waals surface area contributed by atoms with Crippen LogP contribution < -0.4 is 0 Å². The van der Waals surface area contributed by atoms with Crippen LogP contribution in [-0.4, -0.2) is 36.4 Å². The molecule has 3 aromatic carbocycles. The third kappa shape index (κ3) is 10.2. The monoisotopic (exact) mass is 560 g/mol. The highest BCUT2D eigenvalue weighted by Crippen LogP contribution is 2.22. The summed E-state index contributed by atoms with van der Waals surface area (Å²) in [5.41, 5.74) is 5.11. The highest BCUT2D eigenvalue weighted by atomic mass is 17.2. The molecule has 0 fully saturated rings. The molecule has 0 saturated carbocycles. The van der Waals surface area contributed by atoms with Gasteiger partial charge in [-0.25, -0.2) is 19.4 Å². The molecule has 0 aliphatic carbocycles. The van der Waals surface area contributed by atoms with E-state index in [2.05, 4.69) is 18.9 Å². The number of rotatable bonds is 16. The average Bonchev–Trinajstić information content (AvgIpc) is 3.01. The largest absolute Gasteiger partial charge is 0.459 e. The van der Waals surface area contributed by atoms with Crippen molar-refractivity contribution in [2.24, 2.45) is 0 Å². The van der Waals surface area contributed by atoms with Crippen molar-refractivity contribution >= 4 is 18.0 Å². The third-order valence-electron chi connectivity index (χ3n) is 5.62. The van der Waals surface area contributed by atoms with Gasteiger partial charge in [-0.15, -0.1) is 0 Å². The lowest BCUT2D eigenvalue weighted by Gasteiger charge is -2.16. The Morgan fingerprint density at radius 2 is 1.41 bits per heavy atom. The molecule has 0 amide bonds. The fourth-order valence-corrected chi connectivity index (χ4v) is 3.43. The fraction of sp³-hybridized carbons (Fsp3) is 0.219. The van der Waals surface area contributed by atoms with E-state index in [1.807, 2.05) is 60.7 Å². The van der Waals surface area contributed by atoms with E-state index in [1.165, 1.54) is 18.2 Å². The van der Waals surface area contributed by atoms with E-state index in [1.54, 1.807) is 6.92 Å². The van der Waals surface area contributed by atoms with Crippen molar-refractivity contribution in [3.05, 3.63) is 131 Å². The van der Waals surface area contributed by atoms with Crippen molar-refractivity contribution in [3.8, 4) is 0 Å². The van der Waals surface area contributed by atoms with Crippen molar-refractivity contribution < 1.29 is 43.7 Å². The molecular weight excluding hydrogens is 528 g/mol. The number of allylic oxidation sites excluding steroid dienone is 1. The first-order chi connectivity index (χ1) is 19.9. The predicted octanol–water partition coefficient (Wildman–Crippen LogP) is 5.49. The normalized spacial score (nSPS) is 11.2. The van der Waals surface area contributed by atoms with Crippen LogP contribution in [0.25, 0.3) is 6.08 Å². The molecular formula is C32H32O9. The van der Waals surface area contributed by atoms with Crippen molar-refractivity contribution in [2.45, 2.75) is 32.8 Å². The maximum Gasteiger partial charge on any atom is 0.339 e. The molecule has 41 heavy (non-hydrogen) atoms. The zero-order valence-electron chi connectivity index (χ0n) is 22.7. The van der Waals surface area contributed by atoms with Crippen LogP contribution in [0.2, 0.25) is 0 Å². The van der Waals surface area contributed by atoms with E-state index in [0.717, 1.165) is 11.1 Å². The van der Waals surface area contributed by atoms with Gasteiger partial charge in [0.15, 0.2) is 5.76 Å².